The third-order valence-corrected chi connectivity index (χ3v) is 4.65. The summed E-state index contributed by atoms with van der Waals surface area (Å²) in [6, 6.07) is 18.0. The molecule has 1 N–H and O–H groups in total. The van der Waals surface area contributed by atoms with Crippen LogP contribution in [0, 0.1) is 0 Å². The van der Waals surface area contributed by atoms with E-state index in [1.54, 1.807) is 0 Å². The summed E-state index contributed by atoms with van der Waals surface area (Å²) in [5.41, 5.74) is 4.44. The van der Waals surface area contributed by atoms with Gasteiger partial charge in [0.15, 0.2) is 0 Å². The lowest BCUT2D eigenvalue weighted by atomic mass is 9.72. The first-order chi connectivity index (χ1) is 9.28. The van der Waals surface area contributed by atoms with Crippen LogP contribution in [0.15, 0.2) is 53.0 Å². The van der Waals surface area contributed by atoms with E-state index in [4.69, 9.17) is 0 Å². The minimum atomic E-state index is 0.524. The van der Waals surface area contributed by atoms with Crippen LogP contribution in [0.3, 0.4) is 0 Å². The summed E-state index contributed by atoms with van der Waals surface area (Å²) < 4.78 is 1.14. The lowest BCUT2D eigenvalue weighted by molar-refractivity contribution is 0.422. The average Bonchev–Trinajstić information content (AvgIpc) is 2.41. The Kier molecular flexibility index (Phi) is 3.72. The molecule has 0 radical (unpaired) electrons. The number of fused-ring (bicyclic) bond motifs is 1. The lowest BCUT2D eigenvalue weighted by Gasteiger charge is -2.36. The minimum Gasteiger partial charge on any atom is -0.316 e. The molecule has 2 unspecified atom stereocenters. The van der Waals surface area contributed by atoms with Gasteiger partial charge in [0, 0.05) is 16.4 Å². The van der Waals surface area contributed by atoms with Crippen LogP contribution in [-0.4, -0.2) is 13.1 Å². The van der Waals surface area contributed by atoms with Gasteiger partial charge in [-0.15, -0.1) is 0 Å². The Labute approximate surface area is 123 Å². The second kappa shape index (κ2) is 5.48. The average molecular weight is 316 g/mol. The van der Waals surface area contributed by atoms with Crippen molar-refractivity contribution in [3.05, 3.63) is 69.7 Å². The number of rotatable bonds is 4. The van der Waals surface area contributed by atoms with E-state index in [2.05, 4.69) is 76.8 Å². The molecule has 0 aliphatic heterocycles. The first-order valence-corrected chi connectivity index (χ1v) is 7.56. The monoisotopic (exact) mass is 315 g/mol. The van der Waals surface area contributed by atoms with Crippen LogP contribution < -0.4 is 5.32 Å². The van der Waals surface area contributed by atoms with Crippen LogP contribution in [0.2, 0.25) is 0 Å². The van der Waals surface area contributed by atoms with Gasteiger partial charge in [-0.3, -0.25) is 0 Å². The summed E-state index contributed by atoms with van der Waals surface area (Å²) in [4.78, 5) is 0. The predicted molar refractivity (Wildman–Crippen MR) is 83.6 cm³/mol. The number of hydrogen-bond donors (Lipinski definition) is 1. The molecule has 2 heteroatoms. The lowest BCUT2D eigenvalue weighted by Crippen LogP contribution is -2.39. The highest BCUT2D eigenvalue weighted by atomic mass is 79.9. The van der Waals surface area contributed by atoms with Crippen molar-refractivity contribution in [2.45, 2.75) is 24.8 Å². The highest BCUT2D eigenvalue weighted by Crippen LogP contribution is 2.38. The molecule has 2 atom stereocenters. The molecule has 0 bridgehead atoms. The molecule has 0 amide bonds. The van der Waals surface area contributed by atoms with Gasteiger partial charge < -0.3 is 5.32 Å². The highest BCUT2D eigenvalue weighted by Gasteiger charge is 2.31. The van der Waals surface area contributed by atoms with E-state index in [0.717, 1.165) is 10.9 Å². The molecule has 98 valence electrons. The van der Waals surface area contributed by atoms with Crippen LogP contribution in [0.5, 0.6) is 0 Å². The molecule has 1 nitrogen and oxygen atoms in total. The number of benzene rings is 2. The number of likely N-dealkylation sites (N-methyl/N-ethyl adjacent to an activating group) is 1. The van der Waals surface area contributed by atoms with Gasteiger partial charge in [0.2, 0.25) is 0 Å². The maximum atomic E-state index is 3.50. The fourth-order valence-corrected chi connectivity index (χ4v) is 3.24. The third-order valence-electron chi connectivity index (χ3n) is 4.12. The standard InChI is InChI=1S/C17H18BrN/c1-19-17(10-12-6-8-14(18)9-7-12)16-11-13-4-2-3-5-15(13)16/h2-9,16-17,19H,10-11H2,1H3. The van der Waals surface area contributed by atoms with E-state index in [1.165, 1.54) is 23.1 Å². The zero-order valence-electron chi connectivity index (χ0n) is 11.1. The minimum absolute atomic E-state index is 0.524. The van der Waals surface area contributed by atoms with Gasteiger partial charge in [0.1, 0.15) is 0 Å². The maximum Gasteiger partial charge on any atom is 0.0176 e. The van der Waals surface area contributed by atoms with Gasteiger partial charge in [-0.2, -0.15) is 0 Å². The molecule has 1 aliphatic carbocycles. The zero-order valence-corrected chi connectivity index (χ0v) is 12.7. The molecular formula is C17H18BrN. The van der Waals surface area contributed by atoms with Crippen LogP contribution in [0.1, 0.15) is 22.6 Å². The summed E-state index contributed by atoms with van der Waals surface area (Å²) in [7, 11) is 2.07. The molecule has 0 heterocycles. The van der Waals surface area contributed by atoms with E-state index in [-0.39, 0.29) is 0 Å². The molecule has 3 rings (SSSR count). The second-order valence-corrected chi connectivity index (χ2v) is 6.15. The quantitative estimate of drug-likeness (QED) is 0.901. The van der Waals surface area contributed by atoms with E-state index in [1.807, 2.05) is 0 Å². The third kappa shape index (κ3) is 2.60. The van der Waals surface area contributed by atoms with Crippen molar-refractivity contribution in [1.29, 1.82) is 0 Å². The Morgan fingerprint density at radius 1 is 1.16 bits per heavy atom. The van der Waals surface area contributed by atoms with Gasteiger partial charge in [0.05, 0.1) is 0 Å². The van der Waals surface area contributed by atoms with E-state index >= 15 is 0 Å². The molecule has 0 aromatic heterocycles. The first kappa shape index (κ1) is 12.9. The fourth-order valence-electron chi connectivity index (χ4n) is 2.98. The van der Waals surface area contributed by atoms with E-state index < -0.39 is 0 Å². The highest BCUT2D eigenvalue weighted by molar-refractivity contribution is 9.10. The van der Waals surface area contributed by atoms with Crippen molar-refractivity contribution >= 4 is 15.9 Å². The summed E-state index contributed by atoms with van der Waals surface area (Å²) in [6.45, 7) is 0. The van der Waals surface area contributed by atoms with Crippen LogP contribution in [0.25, 0.3) is 0 Å². The summed E-state index contributed by atoms with van der Waals surface area (Å²) in [5.74, 6) is 0.657. The molecule has 1 aliphatic rings. The molecule has 2 aromatic rings. The number of hydrogen-bond acceptors (Lipinski definition) is 1. The first-order valence-electron chi connectivity index (χ1n) is 6.77. The van der Waals surface area contributed by atoms with Crippen LogP contribution >= 0.6 is 15.9 Å². The molecule has 0 saturated heterocycles. The predicted octanol–water partition coefficient (Wildman–Crippen LogP) is 3.92. The van der Waals surface area contributed by atoms with Crippen LogP contribution in [-0.2, 0) is 12.8 Å². The van der Waals surface area contributed by atoms with Gasteiger partial charge in [-0.25, -0.2) is 0 Å². The van der Waals surface area contributed by atoms with Gasteiger partial charge in [0.25, 0.3) is 0 Å². The molecule has 2 aromatic carbocycles. The molecular weight excluding hydrogens is 298 g/mol. The van der Waals surface area contributed by atoms with Crippen molar-refractivity contribution in [1.82, 2.24) is 5.32 Å². The normalized spacial score (nSPS) is 18.5. The van der Waals surface area contributed by atoms with Crippen molar-refractivity contribution in [3.8, 4) is 0 Å². The van der Waals surface area contributed by atoms with Crippen molar-refractivity contribution in [3.63, 3.8) is 0 Å². The van der Waals surface area contributed by atoms with Gasteiger partial charge >= 0.3 is 0 Å². The Morgan fingerprint density at radius 3 is 2.58 bits per heavy atom. The second-order valence-electron chi connectivity index (χ2n) is 5.24. The number of halogens is 1. The number of nitrogens with one attached hydrogen (secondary N) is 1. The molecule has 0 fully saturated rings. The maximum absolute atomic E-state index is 3.50. The summed E-state index contributed by atoms with van der Waals surface area (Å²) in [5, 5.41) is 3.50. The largest absolute Gasteiger partial charge is 0.316 e. The summed E-state index contributed by atoms with van der Waals surface area (Å²) >= 11 is 3.49. The van der Waals surface area contributed by atoms with E-state index in [0.29, 0.717) is 12.0 Å². The SMILES string of the molecule is CNC(Cc1ccc(Br)cc1)C1Cc2ccccc21. The Hall–Kier alpha value is -1.12. The Morgan fingerprint density at radius 2 is 1.89 bits per heavy atom. The Bertz CT molecular complexity index is 562. The van der Waals surface area contributed by atoms with Crippen molar-refractivity contribution in [2.24, 2.45) is 0 Å². The zero-order chi connectivity index (χ0) is 13.2. The van der Waals surface area contributed by atoms with E-state index in [9.17, 15) is 0 Å². The smallest absolute Gasteiger partial charge is 0.0176 e. The summed E-state index contributed by atoms with van der Waals surface area (Å²) in [6.07, 6.45) is 2.29. The van der Waals surface area contributed by atoms with Crippen LogP contribution in [0.4, 0.5) is 0 Å². The Balaban J connectivity index is 1.74. The van der Waals surface area contributed by atoms with Gasteiger partial charge in [-0.05, 0) is 48.7 Å². The molecule has 0 saturated carbocycles. The molecule has 0 spiro atoms. The molecule has 19 heavy (non-hydrogen) atoms. The topological polar surface area (TPSA) is 12.0 Å². The van der Waals surface area contributed by atoms with Crippen molar-refractivity contribution < 1.29 is 0 Å². The fraction of sp³-hybridized carbons (Fsp3) is 0.294. The van der Waals surface area contributed by atoms with Crippen molar-refractivity contribution in [2.75, 3.05) is 7.05 Å². The van der Waals surface area contributed by atoms with Gasteiger partial charge in [-0.1, -0.05) is 52.3 Å².